The quantitative estimate of drug-likeness (QED) is 0.262. The number of hydrogen-bond donors (Lipinski definition) is 0. The Hall–Kier alpha value is -2.66. The number of carbonyl (C=O) groups is 3. The molecule has 0 bridgehead atoms. The number of aldehydes is 1. The lowest BCUT2D eigenvalue weighted by molar-refractivity contribution is -0.137. The van der Waals surface area contributed by atoms with Gasteiger partial charge in [-0.05, 0) is 50.2 Å². The Morgan fingerprint density at radius 2 is 1.93 bits per heavy atom. The van der Waals surface area contributed by atoms with Crippen LogP contribution in [0.25, 0.3) is 0 Å². The third-order valence-electron chi connectivity index (χ3n) is 9.14. The molecular formula is C33H46N4O5S. The first-order valence-corrected chi connectivity index (χ1v) is 16.8. The van der Waals surface area contributed by atoms with Gasteiger partial charge < -0.3 is 24.1 Å². The molecule has 1 saturated carbocycles. The lowest BCUT2D eigenvalue weighted by atomic mass is 9.89. The predicted molar refractivity (Wildman–Crippen MR) is 166 cm³/mol. The monoisotopic (exact) mass is 610 g/mol. The van der Waals surface area contributed by atoms with Crippen molar-refractivity contribution in [3.8, 4) is 0 Å². The summed E-state index contributed by atoms with van der Waals surface area (Å²) < 4.78 is 12.1. The van der Waals surface area contributed by atoms with Gasteiger partial charge in [0.05, 0.1) is 49.9 Å². The van der Waals surface area contributed by atoms with Crippen LogP contribution in [0, 0.1) is 6.92 Å². The second-order valence-electron chi connectivity index (χ2n) is 12.2. The van der Waals surface area contributed by atoms with Crippen molar-refractivity contribution >= 4 is 29.4 Å². The number of amides is 2. The molecule has 3 aliphatic rings. The summed E-state index contributed by atoms with van der Waals surface area (Å²) in [5, 5.41) is 2.77. The van der Waals surface area contributed by atoms with Gasteiger partial charge in [0.15, 0.2) is 0 Å². The molecule has 1 aromatic carbocycles. The zero-order chi connectivity index (χ0) is 30.1. The molecule has 0 N–H and O–H groups in total. The van der Waals surface area contributed by atoms with Crippen molar-refractivity contribution in [2.45, 2.75) is 82.9 Å². The van der Waals surface area contributed by atoms with Crippen LogP contribution in [0.4, 0.5) is 0 Å². The number of ether oxygens (including phenoxy) is 2. The number of nitrogens with zero attached hydrogens (tertiary/aromatic N) is 4. The average Bonchev–Trinajstić information content (AvgIpc) is 3.47. The van der Waals surface area contributed by atoms with E-state index in [0.717, 1.165) is 75.9 Å². The Bertz CT molecular complexity index is 1220. The molecule has 2 aromatic rings. The number of rotatable bonds is 12. The zero-order valence-electron chi connectivity index (χ0n) is 25.5. The van der Waals surface area contributed by atoms with E-state index in [4.69, 9.17) is 9.47 Å². The lowest BCUT2D eigenvalue weighted by Gasteiger charge is -2.47. The molecule has 2 saturated heterocycles. The van der Waals surface area contributed by atoms with Gasteiger partial charge in [0, 0.05) is 37.6 Å². The maximum atomic E-state index is 13.0. The molecule has 234 valence electrons. The Morgan fingerprint density at radius 1 is 1.14 bits per heavy atom. The molecule has 0 radical (unpaired) electrons. The highest BCUT2D eigenvalue weighted by atomic mass is 32.1. The Morgan fingerprint density at radius 3 is 2.67 bits per heavy atom. The van der Waals surface area contributed by atoms with E-state index in [1.54, 1.807) is 4.90 Å². The molecule has 9 nitrogen and oxygen atoms in total. The molecule has 2 amide bonds. The highest BCUT2D eigenvalue weighted by Crippen LogP contribution is 2.31. The van der Waals surface area contributed by atoms with Crippen LogP contribution in [0.3, 0.4) is 0 Å². The van der Waals surface area contributed by atoms with Gasteiger partial charge in [-0.1, -0.05) is 43.5 Å². The normalized spacial score (nSPS) is 19.4. The second-order valence-corrected chi connectivity index (χ2v) is 13.3. The fourth-order valence-electron chi connectivity index (χ4n) is 6.73. The highest BCUT2D eigenvalue weighted by Gasteiger charge is 2.41. The predicted octanol–water partition coefficient (Wildman–Crippen LogP) is 4.27. The molecule has 0 unspecified atom stereocenters. The average molecular weight is 611 g/mol. The van der Waals surface area contributed by atoms with Crippen LogP contribution in [-0.4, -0.2) is 102 Å². The fraction of sp³-hybridized carbons (Fsp3) is 0.636. The SMILES string of the molecule is Cc1nc(C(=O)N2CCOC3(CCN(Cc4cccc(CCOCCC(=O)N(CC=O)C5CCCCC5)c4)CC3)C2)cs1. The number of thiazole rings is 1. The molecule has 1 aromatic heterocycles. The maximum absolute atomic E-state index is 13.0. The van der Waals surface area contributed by atoms with E-state index in [9.17, 15) is 14.4 Å². The van der Waals surface area contributed by atoms with Crippen LogP contribution in [0.15, 0.2) is 29.6 Å². The summed E-state index contributed by atoms with van der Waals surface area (Å²) in [5.74, 6) is 0.0398. The molecule has 3 fully saturated rings. The summed E-state index contributed by atoms with van der Waals surface area (Å²) >= 11 is 1.51. The fourth-order valence-corrected chi connectivity index (χ4v) is 7.31. The number of benzene rings is 1. The third kappa shape index (κ3) is 8.71. The van der Waals surface area contributed by atoms with Crippen molar-refractivity contribution in [1.82, 2.24) is 19.7 Å². The minimum Gasteiger partial charge on any atom is -0.381 e. The van der Waals surface area contributed by atoms with E-state index in [1.807, 2.05) is 17.2 Å². The molecule has 3 heterocycles. The molecule has 10 heteroatoms. The summed E-state index contributed by atoms with van der Waals surface area (Å²) in [7, 11) is 0. The Kier molecular flexibility index (Phi) is 11.3. The van der Waals surface area contributed by atoms with E-state index in [-0.39, 0.29) is 30.0 Å². The van der Waals surface area contributed by atoms with E-state index in [0.29, 0.717) is 45.0 Å². The van der Waals surface area contributed by atoms with Crippen molar-refractivity contribution in [2.75, 3.05) is 52.5 Å². The number of hydrogen-bond acceptors (Lipinski definition) is 8. The summed E-state index contributed by atoms with van der Waals surface area (Å²) in [6.45, 7) is 7.63. The van der Waals surface area contributed by atoms with Gasteiger partial charge in [0.25, 0.3) is 5.91 Å². The van der Waals surface area contributed by atoms with Crippen LogP contribution in [0.1, 0.15) is 78.0 Å². The third-order valence-corrected chi connectivity index (χ3v) is 9.91. The van der Waals surface area contributed by atoms with Crippen molar-refractivity contribution in [2.24, 2.45) is 0 Å². The van der Waals surface area contributed by atoms with Crippen LogP contribution >= 0.6 is 11.3 Å². The van der Waals surface area contributed by atoms with Crippen molar-refractivity contribution in [3.63, 3.8) is 0 Å². The van der Waals surface area contributed by atoms with Gasteiger partial charge in [-0.3, -0.25) is 14.5 Å². The van der Waals surface area contributed by atoms with E-state index < -0.39 is 0 Å². The summed E-state index contributed by atoms with van der Waals surface area (Å²) in [6.07, 6.45) is 9.24. The minimum atomic E-state index is -0.267. The van der Waals surface area contributed by atoms with Gasteiger partial charge in [-0.25, -0.2) is 4.98 Å². The molecule has 1 aliphatic carbocycles. The second kappa shape index (κ2) is 15.4. The highest BCUT2D eigenvalue weighted by molar-refractivity contribution is 7.09. The van der Waals surface area contributed by atoms with Crippen molar-refractivity contribution < 1.29 is 23.9 Å². The molecule has 1 spiro atoms. The first kappa shape index (κ1) is 31.8. The number of morpholine rings is 1. The Labute approximate surface area is 259 Å². The van der Waals surface area contributed by atoms with Gasteiger partial charge in [0.1, 0.15) is 12.0 Å². The number of likely N-dealkylation sites (tertiary alicyclic amines) is 1. The number of aryl methyl sites for hydroxylation is 1. The van der Waals surface area contributed by atoms with Crippen molar-refractivity contribution in [3.05, 3.63) is 51.5 Å². The topological polar surface area (TPSA) is 92.3 Å². The van der Waals surface area contributed by atoms with E-state index in [2.05, 4.69) is 34.1 Å². The largest absolute Gasteiger partial charge is 0.381 e. The van der Waals surface area contributed by atoms with Gasteiger partial charge in [0.2, 0.25) is 5.91 Å². The van der Waals surface area contributed by atoms with Crippen LogP contribution in [0.5, 0.6) is 0 Å². The molecule has 5 rings (SSSR count). The van der Waals surface area contributed by atoms with Gasteiger partial charge >= 0.3 is 0 Å². The van der Waals surface area contributed by atoms with E-state index >= 15 is 0 Å². The number of carbonyl (C=O) groups excluding carboxylic acids is 3. The van der Waals surface area contributed by atoms with Gasteiger partial charge in [-0.15, -0.1) is 11.3 Å². The smallest absolute Gasteiger partial charge is 0.273 e. The first-order chi connectivity index (χ1) is 20.9. The Balaban J connectivity index is 1.03. The molecule has 0 atom stereocenters. The summed E-state index contributed by atoms with van der Waals surface area (Å²) in [5.41, 5.74) is 2.79. The van der Waals surface area contributed by atoms with Crippen LogP contribution in [-0.2, 0) is 32.0 Å². The van der Waals surface area contributed by atoms with Crippen LogP contribution in [0.2, 0.25) is 0 Å². The number of piperidine rings is 1. The maximum Gasteiger partial charge on any atom is 0.273 e. The number of aromatic nitrogens is 1. The molecular weight excluding hydrogens is 564 g/mol. The molecule has 43 heavy (non-hydrogen) atoms. The molecule has 2 aliphatic heterocycles. The lowest BCUT2D eigenvalue weighted by Crippen LogP contribution is -2.58. The summed E-state index contributed by atoms with van der Waals surface area (Å²) in [6, 6.07) is 8.86. The summed E-state index contributed by atoms with van der Waals surface area (Å²) in [4.78, 5) is 47.5. The van der Waals surface area contributed by atoms with E-state index in [1.165, 1.54) is 28.9 Å². The minimum absolute atomic E-state index is 0.0150. The van der Waals surface area contributed by atoms with Crippen LogP contribution < -0.4 is 0 Å². The first-order valence-electron chi connectivity index (χ1n) is 15.9. The zero-order valence-corrected chi connectivity index (χ0v) is 26.3. The van der Waals surface area contributed by atoms with Gasteiger partial charge in [-0.2, -0.15) is 0 Å². The standard InChI is InChI=1S/C33H46N4O5S/c1-26-34-30(24-43-26)32(40)36-17-21-42-33(25-36)12-14-35(15-13-33)23-28-7-5-6-27(22-28)10-19-41-20-11-31(39)37(16-18-38)29-8-3-2-4-9-29/h5-7,18,22,24,29H,2-4,8-17,19-21,23,25H2,1H3. The van der Waals surface area contributed by atoms with Crippen molar-refractivity contribution in [1.29, 1.82) is 0 Å².